The summed E-state index contributed by atoms with van der Waals surface area (Å²) in [5.41, 5.74) is 3.87. The second kappa shape index (κ2) is 18.2. The number of carbonyl (C=O) groups is 4. The van der Waals surface area contributed by atoms with Gasteiger partial charge in [-0.1, -0.05) is 58.2 Å². The van der Waals surface area contributed by atoms with Crippen LogP contribution in [0.4, 0.5) is 29.7 Å². The summed E-state index contributed by atoms with van der Waals surface area (Å²) in [6.07, 6.45) is -0.612. The molecule has 1 aliphatic carbocycles. The maximum Gasteiger partial charge on any atom is 0.549 e. The maximum absolute atomic E-state index is 14.8. The first-order valence-electron chi connectivity index (χ1n) is 22.7. The Morgan fingerprint density at radius 1 is 0.868 bits per heavy atom. The highest BCUT2D eigenvalue weighted by Gasteiger charge is 2.61. The van der Waals surface area contributed by atoms with E-state index >= 15 is 0 Å². The molecule has 2 atom stereocenters. The highest BCUT2D eigenvalue weighted by molar-refractivity contribution is 7.89. The van der Waals surface area contributed by atoms with Crippen LogP contribution in [0.1, 0.15) is 67.9 Å². The lowest BCUT2D eigenvalue weighted by molar-refractivity contribution is -0.825. The number of nitrogens with zero attached hydrogens (tertiary/aromatic N) is 5. The highest BCUT2D eigenvalue weighted by Crippen LogP contribution is 2.46. The van der Waals surface area contributed by atoms with Gasteiger partial charge in [0.25, 0.3) is 11.7 Å². The Morgan fingerprint density at radius 3 is 2.18 bits per heavy atom. The molecule has 1 unspecified atom stereocenters. The summed E-state index contributed by atoms with van der Waals surface area (Å²) in [4.78, 5) is 59.9. The van der Waals surface area contributed by atoms with Gasteiger partial charge in [0, 0.05) is 43.9 Å². The second-order valence-corrected chi connectivity index (χ2v) is 19.5. The van der Waals surface area contributed by atoms with Crippen LogP contribution in [0, 0.1) is 11.6 Å². The molecule has 0 aromatic heterocycles. The van der Waals surface area contributed by atoms with Crippen LogP contribution < -0.4 is 15.5 Å². The van der Waals surface area contributed by atoms with Crippen molar-refractivity contribution in [3.05, 3.63) is 125 Å². The Hall–Kier alpha value is -6.54. The van der Waals surface area contributed by atoms with Gasteiger partial charge in [-0.05, 0) is 93.1 Å². The predicted molar refractivity (Wildman–Crippen MR) is 247 cm³/mol. The summed E-state index contributed by atoms with van der Waals surface area (Å²) in [5.74, 6) is -3.77. The maximum atomic E-state index is 14.8. The first-order valence-corrected chi connectivity index (χ1v) is 24.1. The van der Waals surface area contributed by atoms with Gasteiger partial charge in [0.1, 0.15) is 36.5 Å². The molecule has 4 heterocycles. The normalized spacial score (nSPS) is 21.0. The molecule has 5 aliphatic rings. The van der Waals surface area contributed by atoms with E-state index in [9.17, 15) is 36.4 Å². The first-order chi connectivity index (χ1) is 32.6. The van der Waals surface area contributed by atoms with Gasteiger partial charge < -0.3 is 24.4 Å². The van der Waals surface area contributed by atoms with Crippen LogP contribution >= 0.6 is 0 Å². The van der Waals surface area contributed by atoms with Crippen molar-refractivity contribution < 1.29 is 55.2 Å². The molecule has 0 bridgehead atoms. The molecular formula is C49H52F2N7O9S+. The van der Waals surface area contributed by atoms with Crippen molar-refractivity contribution in [1.82, 2.24) is 14.5 Å². The van der Waals surface area contributed by atoms with Crippen molar-refractivity contribution >= 4 is 51.1 Å². The van der Waals surface area contributed by atoms with E-state index in [1.165, 1.54) is 11.0 Å². The van der Waals surface area contributed by atoms with Crippen molar-refractivity contribution in [1.29, 1.82) is 0 Å². The summed E-state index contributed by atoms with van der Waals surface area (Å²) in [7, 11) is -4.59. The zero-order valence-corrected chi connectivity index (χ0v) is 38.9. The van der Waals surface area contributed by atoms with Gasteiger partial charge in [0.15, 0.2) is 0 Å². The van der Waals surface area contributed by atoms with Crippen molar-refractivity contribution in [2.75, 3.05) is 69.4 Å². The quantitative estimate of drug-likeness (QED) is 0.150. The largest absolute Gasteiger partial charge is 0.549 e. The average molecular weight is 953 g/mol. The Bertz CT molecular complexity index is 2840. The number of benzene rings is 4. The molecule has 16 nitrogen and oxygen atoms in total. The number of morpholine rings is 1. The predicted octanol–water partition coefficient (Wildman–Crippen LogP) is 6.94. The number of fused-ring (bicyclic) bond motifs is 4. The number of quaternary nitrogens is 1. The summed E-state index contributed by atoms with van der Waals surface area (Å²) in [5, 5.41) is 10.6. The Balaban J connectivity index is 1.01. The average Bonchev–Trinajstić information content (AvgIpc) is 4.09. The molecule has 4 amide bonds. The van der Waals surface area contributed by atoms with Crippen molar-refractivity contribution in [2.45, 2.75) is 62.9 Å². The molecule has 0 radical (unpaired) electrons. The van der Waals surface area contributed by atoms with Crippen LogP contribution in [-0.4, -0.2) is 123 Å². The molecule has 3 fully saturated rings. The third kappa shape index (κ3) is 8.09. The summed E-state index contributed by atoms with van der Waals surface area (Å²) in [6, 6.07) is 22.0. The minimum Gasteiger partial charge on any atom is -0.448 e. The van der Waals surface area contributed by atoms with Crippen molar-refractivity contribution in [2.24, 2.45) is 5.10 Å². The molecule has 356 valence electrons. The van der Waals surface area contributed by atoms with Gasteiger partial charge in [-0.25, -0.2) is 22.0 Å². The van der Waals surface area contributed by atoms with Gasteiger partial charge in [-0.2, -0.15) is 9.10 Å². The van der Waals surface area contributed by atoms with Crippen LogP contribution in [-0.2, 0) is 29.0 Å². The number of carbonyl (C=O) groups excluding carboxylic acids is 4. The molecular weight excluding hydrogens is 901 g/mol. The monoisotopic (exact) mass is 952 g/mol. The van der Waals surface area contributed by atoms with Gasteiger partial charge >= 0.3 is 12.2 Å². The number of nitrogens with one attached hydrogen (secondary N) is 2. The number of anilines is 2. The molecule has 2 N–H and O–H groups in total. The third-order valence-electron chi connectivity index (χ3n) is 13.4. The Labute approximate surface area is 392 Å². The fourth-order valence-electron chi connectivity index (χ4n) is 9.97. The topological polar surface area (TPSA) is 176 Å². The Kier molecular flexibility index (Phi) is 12.4. The molecule has 68 heavy (non-hydrogen) atoms. The van der Waals surface area contributed by atoms with Crippen LogP contribution in [0.15, 0.2) is 106 Å². The van der Waals surface area contributed by atoms with Crippen LogP contribution in [0.5, 0.6) is 0 Å². The summed E-state index contributed by atoms with van der Waals surface area (Å²) < 4.78 is 74.1. The lowest BCUT2D eigenvalue weighted by Crippen LogP contribution is -2.53. The molecule has 4 aromatic rings. The van der Waals surface area contributed by atoms with Crippen LogP contribution in [0.25, 0.3) is 11.1 Å². The van der Waals surface area contributed by atoms with E-state index in [1.54, 1.807) is 39.8 Å². The smallest absolute Gasteiger partial charge is 0.448 e. The summed E-state index contributed by atoms with van der Waals surface area (Å²) in [6.45, 7) is 8.16. The number of rotatable bonds is 11. The highest BCUT2D eigenvalue weighted by atomic mass is 32.2. The minimum atomic E-state index is -4.59. The SMILES string of the molecule is CCOC(=O)[N+]1(CC)N=C2C(=C1NC(=O)c1ccc(N3CCOCC3)cc1NC(=O)[C@@H]1CCCN1C(=O)OCC1c3ccccc3-c3ccccc31)CN(S(=O)(=O)c1cc(F)cc(F)c1)C2(C)C. The fourth-order valence-corrected chi connectivity index (χ4v) is 11.7. The van der Waals surface area contributed by atoms with E-state index in [-0.39, 0.29) is 60.6 Å². The van der Waals surface area contributed by atoms with E-state index in [4.69, 9.17) is 19.3 Å². The minimum absolute atomic E-state index is 0.0161. The van der Waals surface area contributed by atoms with Crippen LogP contribution in [0.3, 0.4) is 0 Å². The molecule has 3 saturated heterocycles. The van der Waals surface area contributed by atoms with Gasteiger partial charge in [0.05, 0.1) is 47.1 Å². The number of amides is 4. The Morgan fingerprint density at radius 2 is 1.53 bits per heavy atom. The number of sulfonamides is 1. The number of likely N-dealkylation sites (tertiary alicyclic amines) is 1. The van der Waals surface area contributed by atoms with E-state index in [1.807, 2.05) is 53.4 Å². The third-order valence-corrected chi connectivity index (χ3v) is 15.4. The van der Waals surface area contributed by atoms with E-state index in [2.05, 4.69) is 10.6 Å². The van der Waals surface area contributed by atoms with Crippen molar-refractivity contribution in [3.63, 3.8) is 0 Å². The molecule has 9 rings (SSSR count). The van der Waals surface area contributed by atoms with E-state index in [0.717, 1.165) is 26.6 Å². The standard InChI is InChI=1S/C49H51F2N7O9S/c1-5-58(48(62)66-6-2)44(39-28-57(49(3,4)43(39)54-58)68(63,64)33-25-30(50)24-31(51)26-33)53-45(59)38-18-17-32(55-20-22-65-23-21-55)27-41(38)52-46(60)42-16-11-19-56(42)47(61)67-29-40-36-14-9-7-12-34(36)35-13-8-10-15-37(35)40/h7-10,12-15,17-18,24-27,40,42H,5-6,11,16,19-23,28-29H2,1-4H3,(H-,52,53,54,59,60)/p+1/t42-,58?/m0/s1. The molecule has 0 saturated carbocycles. The molecule has 4 aromatic carbocycles. The number of hydrogen-bond acceptors (Lipinski definition) is 11. The summed E-state index contributed by atoms with van der Waals surface area (Å²) >= 11 is 0. The van der Waals surface area contributed by atoms with Gasteiger partial charge in [-0.3, -0.25) is 19.8 Å². The van der Waals surface area contributed by atoms with Gasteiger partial charge in [-0.15, -0.1) is 0 Å². The van der Waals surface area contributed by atoms with E-state index in [0.29, 0.717) is 63.0 Å². The zero-order valence-electron chi connectivity index (χ0n) is 38.1. The lowest BCUT2D eigenvalue weighted by atomic mass is 9.98. The first kappa shape index (κ1) is 46.6. The fraction of sp³-hybridized carbons (Fsp3) is 0.367. The lowest BCUT2D eigenvalue weighted by Gasteiger charge is -2.32. The van der Waals surface area contributed by atoms with Crippen molar-refractivity contribution in [3.8, 4) is 11.1 Å². The molecule has 0 spiro atoms. The molecule has 4 aliphatic heterocycles. The van der Waals surface area contributed by atoms with Gasteiger partial charge in [0.2, 0.25) is 15.9 Å². The number of hydrogen-bond donors (Lipinski definition) is 2. The van der Waals surface area contributed by atoms with E-state index < -0.39 is 73.3 Å². The number of ether oxygens (including phenoxy) is 3. The van der Waals surface area contributed by atoms with Crippen LogP contribution in [0.2, 0.25) is 0 Å². The zero-order chi connectivity index (χ0) is 48.1. The second-order valence-electron chi connectivity index (χ2n) is 17.7. The molecule has 19 heteroatoms. The number of halogens is 2.